The third-order valence-corrected chi connectivity index (χ3v) is 6.94. The second-order valence-corrected chi connectivity index (χ2v) is 9.53. The number of aryl methyl sites for hydroxylation is 2. The summed E-state index contributed by atoms with van der Waals surface area (Å²) in [6.07, 6.45) is 2.01. The Balaban J connectivity index is 1.51. The Morgan fingerprint density at radius 2 is 1.82 bits per heavy atom. The summed E-state index contributed by atoms with van der Waals surface area (Å²) in [6, 6.07) is 12.9. The van der Waals surface area contributed by atoms with Crippen molar-refractivity contribution in [3.63, 3.8) is 0 Å². The van der Waals surface area contributed by atoms with E-state index in [2.05, 4.69) is 36.9 Å². The van der Waals surface area contributed by atoms with E-state index in [9.17, 15) is 8.42 Å². The van der Waals surface area contributed by atoms with Gasteiger partial charge >= 0.3 is 0 Å². The summed E-state index contributed by atoms with van der Waals surface area (Å²) in [5, 5.41) is 0. The lowest BCUT2D eigenvalue weighted by Crippen LogP contribution is -2.40. The van der Waals surface area contributed by atoms with E-state index in [0.717, 1.165) is 37.2 Å². The van der Waals surface area contributed by atoms with Gasteiger partial charge in [-0.15, -0.1) is 0 Å². The molecule has 28 heavy (non-hydrogen) atoms. The van der Waals surface area contributed by atoms with Crippen molar-refractivity contribution >= 4 is 9.84 Å². The van der Waals surface area contributed by atoms with Crippen molar-refractivity contribution in [1.29, 1.82) is 0 Å². The number of nitrogens with zero attached hydrogens (tertiary/aromatic N) is 1. The van der Waals surface area contributed by atoms with E-state index in [-0.39, 0.29) is 11.9 Å². The molecule has 0 bridgehead atoms. The lowest BCUT2D eigenvalue weighted by atomic mass is 10.1. The van der Waals surface area contributed by atoms with E-state index in [4.69, 9.17) is 9.47 Å². The molecule has 2 aromatic carbocycles. The second-order valence-electron chi connectivity index (χ2n) is 7.43. The first-order chi connectivity index (χ1) is 13.4. The Morgan fingerprint density at radius 3 is 2.54 bits per heavy atom. The predicted molar refractivity (Wildman–Crippen MR) is 111 cm³/mol. The van der Waals surface area contributed by atoms with Crippen LogP contribution in [0.4, 0.5) is 0 Å². The Labute approximate surface area is 168 Å². The molecular formula is C22H29NO4S. The Bertz CT molecular complexity index is 903. The molecule has 0 N–H and O–H groups in total. The van der Waals surface area contributed by atoms with Crippen LogP contribution in [0.3, 0.4) is 0 Å². The molecule has 1 heterocycles. The maximum absolute atomic E-state index is 12.6. The van der Waals surface area contributed by atoms with Crippen LogP contribution in [0, 0.1) is 13.8 Å². The number of hydrogen-bond acceptors (Lipinski definition) is 5. The normalized spacial score (nSPS) is 16.1. The molecule has 2 aromatic rings. The number of benzene rings is 2. The molecule has 1 aliphatic rings. The molecule has 0 amide bonds. The SMILES string of the molecule is COc1cccc(S(=O)(=O)CCN2CCC(Oc3cc(C)ccc3C)CC2)c1. The van der Waals surface area contributed by atoms with Gasteiger partial charge in [0.15, 0.2) is 9.84 Å². The topological polar surface area (TPSA) is 55.8 Å². The minimum Gasteiger partial charge on any atom is -0.497 e. The van der Waals surface area contributed by atoms with Crippen LogP contribution in [0.15, 0.2) is 47.4 Å². The van der Waals surface area contributed by atoms with Gasteiger partial charge in [0.2, 0.25) is 0 Å². The van der Waals surface area contributed by atoms with Crippen molar-refractivity contribution in [2.45, 2.75) is 37.7 Å². The van der Waals surface area contributed by atoms with E-state index in [0.29, 0.717) is 17.2 Å². The lowest BCUT2D eigenvalue weighted by Gasteiger charge is -2.32. The summed E-state index contributed by atoms with van der Waals surface area (Å²) in [5.41, 5.74) is 2.35. The monoisotopic (exact) mass is 403 g/mol. The van der Waals surface area contributed by atoms with Gasteiger partial charge in [0.1, 0.15) is 17.6 Å². The average Bonchev–Trinajstić information content (AvgIpc) is 2.70. The molecule has 0 unspecified atom stereocenters. The highest BCUT2D eigenvalue weighted by Crippen LogP contribution is 2.24. The fraction of sp³-hybridized carbons (Fsp3) is 0.455. The summed E-state index contributed by atoms with van der Waals surface area (Å²) in [5.74, 6) is 1.63. The van der Waals surface area contributed by atoms with E-state index in [1.165, 1.54) is 12.7 Å². The minimum atomic E-state index is -3.32. The molecular weight excluding hydrogens is 374 g/mol. The summed E-state index contributed by atoms with van der Waals surface area (Å²) < 4.78 is 36.6. The van der Waals surface area contributed by atoms with Gasteiger partial charge in [0.05, 0.1) is 17.8 Å². The molecule has 1 saturated heterocycles. The zero-order valence-electron chi connectivity index (χ0n) is 16.8. The first-order valence-electron chi connectivity index (χ1n) is 9.70. The highest BCUT2D eigenvalue weighted by molar-refractivity contribution is 7.91. The van der Waals surface area contributed by atoms with Crippen molar-refractivity contribution in [3.05, 3.63) is 53.6 Å². The van der Waals surface area contributed by atoms with Crippen molar-refractivity contribution in [1.82, 2.24) is 4.90 Å². The smallest absolute Gasteiger partial charge is 0.179 e. The van der Waals surface area contributed by atoms with Crippen LogP contribution in [-0.4, -0.2) is 51.9 Å². The van der Waals surface area contributed by atoms with Gasteiger partial charge in [-0.1, -0.05) is 18.2 Å². The number of sulfone groups is 1. The van der Waals surface area contributed by atoms with Gasteiger partial charge in [-0.2, -0.15) is 0 Å². The van der Waals surface area contributed by atoms with Crippen LogP contribution in [0.1, 0.15) is 24.0 Å². The van der Waals surface area contributed by atoms with Crippen molar-refractivity contribution in [2.75, 3.05) is 32.5 Å². The van der Waals surface area contributed by atoms with Crippen LogP contribution in [0.5, 0.6) is 11.5 Å². The zero-order chi connectivity index (χ0) is 20.1. The molecule has 1 fully saturated rings. The quantitative estimate of drug-likeness (QED) is 0.707. The molecule has 3 rings (SSSR count). The summed E-state index contributed by atoms with van der Waals surface area (Å²) in [7, 11) is -1.78. The zero-order valence-corrected chi connectivity index (χ0v) is 17.7. The van der Waals surface area contributed by atoms with Crippen molar-refractivity contribution in [3.8, 4) is 11.5 Å². The highest BCUT2D eigenvalue weighted by Gasteiger charge is 2.23. The molecule has 0 atom stereocenters. The fourth-order valence-corrected chi connectivity index (χ4v) is 4.74. The minimum absolute atomic E-state index is 0.114. The Hall–Kier alpha value is -2.05. The van der Waals surface area contributed by atoms with Crippen LogP contribution in [0.25, 0.3) is 0 Å². The first kappa shape index (κ1) is 20.7. The Morgan fingerprint density at radius 1 is 1.07 bits per heavy atom. The number of methoxy groups -OCH3 is 1. The van der Waals surface area contributed by atoms with Gasteiger partial charge in [0, 0.05) is 19.6 Å². The van der Waals surface area contributed by atoms with Gasteiger partial charge in [0.25, 0.3) is 0 Å². The van der Waals surface area contributed by atoms with Crippen molar-refractivity contribution in [2.24, 2.45) is 0 Å². The maximum Gasteiger partial charge on any atom is 0.179 e. The van der Waals surface area contributed by atoms with Gasteiger partial charge in [-0.05, 0) is 62.1 Å². The number of ether oxygens (including phenoxy) is 2. The van der Waals surface area contributed by atoms with Crippen LogP contribution in [0.2, 0.25) is 0 Å². The molecule has 152 valence electrons. The molecule has 0 aromatic heterocycles. The third kappa shape index (κ3) is 5.26. The van der Waals surface area contributed by atoms with Gasteiger partial charge in [-0.25, -0.2) is 8.42 Å². The van der Waals surface area contributed by atoms with E-state index < -0.39 is 9.84 Å². The molecule has 0 spiro atoms. The van der Waals surface area contributed by atoms with Crippen molar-refractivity contribution < 1.29 is 17.9 Å². The number of piperidine rings is 1. The Kier molecular flexibility index (Phi) is 6.62. The maximum atomic E-state index is 12.6. The van der Waals surface area contributed by atoms with E-state index >= 15 is 0 Å². The summed E-state index contributed by atoms with van der Waals surface area (Å²) >= 11 is 0. The third-order valence-electron chi connectivity index (χ3n) is 5.25. The molecule has 0 saturated carbocycles. The largest absolute Gasteiger partial charge is 0.497 e. The van der Waals surface area contributed by atoms with Crippen LogP contribution >= 0.6 is 0 Å². The highest BCUT2D eigenvalue weighted by atomic mass is 32.2. The van der Waals surface area contributed by atoms with Crippen LogP contribution < -0.4 is 9.47 Å². The first-order valence-corrected chi connectivity index (χ1v) is 11.4. The number of rotatable bonds is 7. The molecule has 0 aliphatic carbocycles. The summed E-state index contributed by atoms with van der Waals surface area (Å²) in [6.45, 7) is 6.37. The van der Waals surface area contributed by atoms with E-state index in [1.54, 1.807) is 24.3 Å². The standard InChI is InChI=1S/C22H29NO4S/c1-17-7-8-18(2)22(15-17)27-19-9-11-23(12-10-19)13-14-28(24,25)21-6-4-5-20(16-21)26-3/h4-8,15-16,19H,9-14H2,1-3H3. The fourth-order valence-electron chi connectivity index (χ4n) is 3.43. The molecule has 0 radical (unpaired) electrons. The number of hydrogen-bond donors (Lipinski definition) is 0. The van der Waals surface area contributed by atoms with Crippen LogP contribution in [-0.2, 0) is 9.84 Å². The predicted octanol–water partition coefficient (Wildman–Crippen LogP) is 3.63. The summed E-state index contributed by atoms with van der Waals surface area (Å²) in [4.78, 5) is 2.53. The van der Waals surface area contributed by atoms with E-state index in [1.807, 2.05) is 0 Å². The second kappa shape index (κ2) is 8.97. The van der Waals surface area contributed by atoms with Gasteiger partial charge < -0.3 is 14.4 Å². The molecule has 1 aliphatic heterocycles. The lowest BCUT2D eigenvalue weighted by molar-refractivity contribution is 0.103. The van der Waals surface area contributed by atoms with Gasteiger partial charge in [-0.3, -0.25) is 0 Å². The molecule has 6 heteroatoms. The molecule has 5 nitrogen and oxygen atoms in total. The number of likely N-dealkylation sites (tertiary alicyclic amines) is 1. The average molecular weight is 404 g/mol.